The quantitative estimate of drug-likeness (QED) is 0.832. The molecule has 0 spiro atoms. The first kappa shape index (κ1) is 16.0. The first-order valence-electron chi connectivity index (χ1n) is 7.41. The number of thiophene rings is 1. The second-order valence-electron chi connectivity index (χ2n) is 5.58. The highest BCUT2D eigenvalue weighted by Gasteiger charge is 2.35. The number of aryl methyl sites for hydroxylation is 1. The lowest BCUT2D eigenvalue weighted by molar-refractivity contribution is -0.124. The maximum absolute atomic E-state index is 12.7. The van der Waals surface area contributed by atoms with E-state index >= 15 is 0 Å². The number of halogens is 1. The summed E-state index contributed by atoms with van der Waals surface area (Å²) in [5, 5.41) is 2.50. The molecule has 3 rings (SSSR count). The van der Waals surface area contributed by atoms with Gasteiger partial charge in [-0.1, -0.05) is 23.7 Å². The summed E-state index contributed by atoms with van der Waals surface area (Å²) in [5.74, 6) is -0.163. The normalized spacial score (nSPS) is 18.4. The first-order valence-corrected chi connectivity index (χ1v) is 8.67. The van der Waals surface area contributed by atoms with Gasteiger partial charge in [0.1, 0.15) is 6.04 Å². The maximum atomic E-state index is 12.7. The fourth-order valence-corrected chi connectivity index (χ4v) is 3.55. The highest BCUT2D eigenvalue weighted by molar-refractivity contribution is 7.12. The number of nitrogens with zero attached hydrogens (tertiary/aromatic N) is 2. The van der Waals surface area contributed by atoms with Crippen LogP contribution in [0, 0.1) is 6.92 Å². The summed E-state index contributed by atoms with van der Waals surface area (Å²) < 4.78 is 0. The Morgan fingerprint density at radius 2 is 2.09 bits per heavy atom. The fraction of sp³-hybridized carbons (Fsp3) is 0.294. The molecule has 0 saturated carbocycles. The van der Waals surface area contributed by atoms with E-state index in [1.165, 1.54) is 11.3 Å². The van der Waals surface area contributed by atoms with Gasteiger partial charge in [-0.15, -0.1) is 11.3 Å². The van der Waals surface area contributed by atoms with Crippen LogP contribution in [0.2, 0.25) is 5.02 Å². The number of anilines is 1. The molecule has 0 radical (unpaired) electrons. The van der Waals surface area contributed by atoms with Gasteiger partial charge in [-0.2, -0.15) is 0 Å². The molecule has 1 fully saturated rings. The molecule has 2 amide bonds. The van der Waals surface area contributed by atoms with Crippen molar-refractivity contribution in [2.75, 3.05) is 18.0 Å². The molecule has 0 aliphatic carbocycles. The third-order valence-electron chi connectivity index (χ3n) is 4.12. The average molecular weight is 349 g/mol. The van der Waals surface area contributed by atoms with Crippen LogP contribution in [0.25, 0.3) is 0 Å². The number of piperazine rings is 1. The van der Waals surface area contributed by atoms with Crippen molar-refractivity contribution in [1.82, 2.24) is 4.90 Å². The lowest BCUT2D eigenvalue weighted by atomic mass is 10.1. The molecule has 1 saturated heterocycles. The highest BCUT2D eigenvalue weighted by atomic mass is 35.5. The van der Waals surface area contributed by atoms with Crippen molar-refractivity contribution < 1.29 is 9.59 Å². The lowest BCUT2D eigenvalue weighted by Crippen LogP contribution is -2.57. The minimum absolute atomic E-state index is 0.0811. The molecule has 1 atom stereocenters. The Balaban J connectivity index is 1.81. The summed E-state index contributed by atoms with van der Waals surface area (Å²) in [6.07, 6.45) is 0. The van der Waals surface area contributed by atoms with E-state index in [4.69, 9.17) is 11.6 Å². The molecule has 6 heteroatoms. The zero-order chi connectivity index (χ0) is 16.6. The number of carbonyl (C=O) groups excluding carboxylic acids is 2. The number of rotatable bonds is 2. The summed E-state index contributed by atoms with van der Waals surface area (Å²) in [6, 6.07) is 8.74. The predicted octanol–water partition coefficient (Wildman–Crippen LogP) is 3.59. The molecule has 1 aliphatic heterocycles. The first-order chi connectivity index (χ1) is 11.0. The van der Waals surface area contributed by atoms with Crippen molar-refractivity contribution in [2.24, 2.45) is 0 Å². The topological polar surface area (TPSA) is 40.6 Å². The SMILES string of the molecule is Cc1ccc(N2CCN(C(=O)c3cccs3)C(C)C2=O)cc1Cl. The maximum Gasteiger partial charge on any atom is 0.264 e. The third kappa shape index (κ3) is 2.99. The van der Waals surface area contributed by atoms with E-state index in [2.05, 4.69) is 0 Å². The molecule has 1 unspecified atom stereocenters. The van der Waals surface area contributed by atoms with E-state index in [1.807, 2.05) is 30.5 Å². The van der Waals surface area contributed by atoms with Crippen molar-refractivity contribution in [1.29, 1.82) is 0 Å². The Morgan fingerprint density at radius 1 is 1.30 bits per heavy atom. The molecule has 0 N–H and O–H groups in total. The van der Waals surface area contributed by atoms with Crippen molar-refractivity contribution in [2.45, 2.75) is 19.9 Å². The van der Waals surface area contributed by atoms with Gasteiger partial charge < -0.3 is 9.80 Å². The fourth-order valence-electron chi connectivity index (χ4n) is 2.70. The number of hydrogen-bond donors (Lipinski definition) is 0. The van der Waals surface area contributed by atoms with Crippen molar-refractivity contribution in [3.05, 3.63) is 51.2 Å². The van der Waals surface area contributed by atoms with Gasteiger partial charge in [0.2, 0.25) is 5.91 Å². The van der Waals surface area contributed by atoms with Crippen LogP contribution in [-0.4, -0.2) is 35.8 Å². The minimum Gasteiger partial charge on any atom is -0.324 e. The summed E-state index contributed by atoms with van der Waals surface area (Å²) in [5.41, 5.74) is 1.75. The van der Waals surface area contributed by atoms with E-state index in [1.54, 1.807) is 28.9 Å². The van der Waals surface area contributed by atoms with Crippen LogP contribution >= 0.6 is 22.9 Å². The molecule has 23 heavy (non-hydrogen) atoms. The van der Waals surface area contributed by atoms with Gasteiger partial charge in [-0.05, 0) is 43.0 Å². The van der Waals surface area contributed by atoms with Gasteiger partial charge in [-0.3, -0.25) is 9.59 Å². The zero-order valence-corrected chi connectivity index (χ0v) is 14.5. The number of amides is 2. The number of benzene rings is 1. The van der Waals surface area contributed by atoms with Gasteiger partial charge in [0, 0.05) is 23.8 Å². The Bertz CT molecular complexity index is 745. The van der Waals surface area contributed by atoms with Crippen LogP contribution in [0.3, 0.4) is 0 Å². The lowest BCUT2D eigenvalue weighted by Gasteiger charge is -2.39. The summed E-state index contributed by atoms with van der Waals surface area (Å²) >= 11 is 7.56. The molecule has 0 bridgehead atoms. The van der Waals surface area contributed by atoms with E-state index in [0.29, 0.717) is 23.0 Å². The van der Waals surface area contributed by atoms with E-state index in [-0.39, 0.29) is 11.8 Å². The van der Waals surface area contributed by atoms with Crippen LogP contribution in [0.5, 0.6) is 0 Å². The molecule has 1 aromatic carbocycles. The van der Waals surface area contributed by atoms with Crippen molar-refractivity contribution in [3.63, 3.8) is 0 Å². The summed E-state index contributed by atoms with van der Waals surface area (Å²) in [4.78, 5) is 29.2. The highest BCUT2D eigenvalue weighted by Crippen LogP contribution is 2.26. The van der Waals surface area contributed by atoms with E-state index in [0.717, 1.165) is 11.3 Å². The Hall–Kier alpha value is -1.85. The standard InChI is InChI=1S/C17H17ClN2O2S/c1-11-5-6-13(10-14(11)18)20-8-7-19(12(2)16(20)21)17(22)15-4-3-9-23-15/h3-6,9-10,12H,7-8H2,1-2H3. The number of carbonyl (C=O) groups is 2. The van der Waals surface area contributed by atoms with Crippen LogP contribution in [0.1, 0.15) is 22.2 Å². The molecule has 1 aliphatic rings. The smallest absolute Gasteiger partial charge is 0.264 e. The second-order valence-corrected chi connectivity index (χ2v) is 6.93. The van der Waals surface area contributed by atoms with Crippen LogP contribution in [-0.2, 0) is 4.79 Å². The molecule has 2 aromatic rings. The molecular formula is C17H17ClN2O2S. The van der Waals surface area contributed by atoms with E-state index < -0.39 is 6.04 Å². The van der Waals surface area contributed by atoms with Crippen molar-refractivity contribution >= 4 is 40.4 Å². The average Bonchev–Trinajstić information content (AvgIpc) is 3.06. The Labute approximate surface area is 144 Å². The zero-order valence-electron chi connectivity index (χ0n) is 13.0. The molecule has 1 aromatic heterocycles. The predicted molar refractivity (Wildman–Crippen MR) is 93.4 cm³/mol. The van der Waals surface area contributed by atoms with Gasteiger partial charge in [0.05, 0.1) is 4.88 Å². The van der Waals surface area contributed by atoms with Crippen LogP contribution < -0.4 is 4.90 Å². The molecular weight excluding hydrogens is 332 g/mol. The van der Waals surface area contributed by atoms with Gasteiger partial charge in [0.15, 0.2) is 0 Å². The third-order valence-corrected chi connectivity index (χ3v) is 5.38. The Kier molecular flexibility index (Phi) is 4.41. The summed E-state index contributed by atoms with van der Waals surface area (Å²) in [7, 11) is 0. The summed E-state index contributed by atoms with van der Waals surface area (Å²) in [6.45, 7) is 4.68. The Morgan fingerprint density at radius 3 is 2.74 bits per heavy atom. The van der Waals surface area contributed by atoms with Crippen LogP contribution in [0.15, 0.2) is 35.7 Å². The second kappa shape index (κ2) is 6.34. The monoisotopic (exact) mass is 348 g/mol. The molecule has 120 valence electrons. The largest absolute Gasteiger partial charge is 0.324 e. The van der Waals surface area contributed by atoms with E-state index in [9.17, 15) is 9.59 Å². The van der Waals surface area contributed by atoms with Crippen molar-refractivity contribution in [3.8, 4) is 0 Å². The number of hydrogen-bond acceptors (Lipinski definition) is 3. The van der Waals surface area contributed by atoms with Gasteiger partial charge in [-0.25, -0.2) is 0 Å². The van der Waals surface area contributed by atoms with Crippen LogP contribution in [0.4, 0.5) is 5.69 Å². The van der Waals surface area contributed by atoms with Gasteiger partial charge in [0.25, 0.3) is 5.91 Å². The minimum atomic E-state index is -0.488. The molecule has 4 nitrogen and oxygen atoms in total. The molecule has 2 heterocycles. The van der Waals surface area contributed by atoms with Gasteiger partial charge >= 0.3 is 0 Å².